The minimum atomic E-state index is -4.67. The molecule has 0 saturated heterocycles. The van der Waals surface area contributed by atoms with Crippen molar-refractivity contribution in [2.24, 2.45) is 0 Å². The number of ether oxygens (including phenoxy) is 7. The van der Waals surface area contributed by atoms with Crippen LogP contribution in [0.4, 0.5) is 22.7 Å². The fourth-order valence-electron chi connectivity index (χ4n) is 6.16. The van der Waals surface area contributed by atoms with E-state index < -0.39 is 40.4 Å². The van der Waals surface area contributed by atoms with E-state index in [1.54, 1.807) is 0 Å². The molecular weight excluding hydrogens is 1020 g/mol. The monoisotopic (exact) mass is 1100 g/mol. The molecule has 0 spiro atoms. The van der Waals surface area contributed by atoms with Crippen LogP contribution in [0, 0.1) is 6.92 Å². The predicted molar refractivity (Wildman–Crippen MR) is 281 cm³/mol. The summed E-state index contributed by atoms with van der Waals surface area (Å²) in [6, 6.07) is 21.5. The topological polar surface area (TPSA) is 347 Å². The van der Waals surface area contributed by atoms with Crippen molar-refractivity contribution in [1.82, 2.24) is 0 Å². The number of hydrogen-bond donors (Lipinski definition) is 8. The first-order valence-electron chi connectivity index (χ1n) is 23.2. The summed E-state index contributed by atoms with van der Waals surface area (Å²) in [6.45, 7) is 14.6. The summed E-state index contributed by atoms with van der Waals surface area (Å²) in [5, 5.41) is 17.4. The Hall–Kier alpha value is -4.33. The molecule has 0 aromatic heterocycles. The van der Waals surface area contributed by atoms with E-state index in [-0.39, 0.29) is 25.4 Å². The molecule has 0 atom stereocenters. The van der Waals surface area contributed by atoms with Crippen molar-refractivity contribution in [2.75, 3.05) is 154 Å². The molecule has 4 aromatic carbocycles. The first-order valence-corrected chi connectivity index (χ1v) is 27.5. The Morgan fingerprint density at radius 3 is 1.27 bits per heavy atom. The summed E-state index contributed by atoms with van der Waals surface area (Å²) in [6.07, 6.45) is 3.02. The third-order valence-electron chi connectivity index (χ3n) is 9.72. The van der Waals surface area contributed by atoms with E-state index in [2.05, 4.69) is 28.9 Å². The lowest BCUT2D eigenvalue weighted by Crippen LogP contribution is -2.25. The van der Waals surface area contributed by atoms with Gasteiger partial charge in [0.25, 0.3) is 20.2 Å². The number of nitrogen functional groups attached to an aromatic ring is 2. The number of aliphatic hydroxyl groups is 2. The van der Waals surface area contributed by atoms with Crippen LogP contribution in [0.15, 0.2) is 88.7 Å². The average Bonchev–Trinajstić information content (AvgIpc) is 3.33. The van der Waals surface area contributed by atoms with Gasteiger partial charge >= 0.3 is 10.4 Å². The first kappa shape index (κ1) is 66.7. The van der Waals surface area contributed by atoms with Crippen LogP contribution in [0.5, 0.6) is 0 Å². The number of likely N-dealkylation sites (N-methyl/N-ethyl adjacent to an activating group) is 1. The summed E-state index contributed by atoms with van der Waals surface area (Å²) in [4.78, 5) is 3.66. The van der Waals surface area contributed by atoms with E-state index in [4.69, 9.17) is 81.5 Å². The lowest BCUT2D eigenvalue weighted by atomic mass is 10.1. The number of aliphatic hydroxyl groups excluding tert-OH is 2. The number of anilines is 4. The molecule has 23 nitrogen and oxygen atoms in total. The summed E-state index contributed by atoms with van der Waals surface area (Å²) in [5.41, 5.74) is 16.6. The van der Waals surface area contributed by atoms with E-state index in [0.29, 0.717) is 92.5 Å². The number of hydrogen-bond acceptors (Lipinski definition) is 19. The van der Waals surface area contributed by atoms with Gasteiger partial charge in [-0.2, -0.15) is 25.3 Å². The van der Waals surface area contributed by atoms with Gasteiger partial charge in [0, 0.05) is 68.2 Å². The molecule has 4 rings (SSSR count). The molecule has 73 heavy (non-hydrogen) atoms. The average molecular weight is 1100 g/mol. The molecule has 418 valence electrons. The first-order chi connectivity index (χ1) is 34.6. The van der Waals surface area contributed by atoms with Crippen molar-refractivity contribution >= 4 is 64.2 Å². The van der Waals surface area contributed by atoms with Gasteiger partial charge in [0.15, 0.2) is 0 Å². The predicted octanol–water partition coefficient (Wildman–Crippen LogP) is 4.31. The number of rotatable bonds is 33. The molecule has 0 radical (unpaired) electrons. The summed E-state index contributed by atoms with van der Waals surface area (Å²) in [5.74, 6) is 0. The van der Waals surface area contributed by atoms with Crippen LogP contribution in [-0.4, -0.2) is 186 Å². The van der Waals surface area contributed by atoms with Crippen LogP contribution < -0.4 is 21.3 Å². The van der Waals surface area contributed by atoms with Crippen LogP contribution in [0.1, 0.15) is 33.2 Å². The molecule has 0 aliphatic heterocycles. The van der Waals surface area contributed by atoms with E-state index in [0.717, 1.165) is 73.7 Å². The van der Waals surface area contributed by atoms with Crippen molar-refractivity contribution in [3.63, 3.8) is 0 Å². The molecule has 0 unspecified atom stereocenters. The highest BCUT2D eigenvalue weighted by molar-refractivity contribution is 7.86. The van der Waals surface area contributed by atoms with Crippen molar-refractivity contribution in [3.8, 4) is 0 Å². The Balaban J connectivity index is 0.00000110. The molecule has 0 bridgehead atoms. The van der Waals surface area contributed by atoms with Gasteiger partial charge in [-0.1, -0.05) is 31.2 Å². The van der Waals surface area contributed by atoms with E-state index >= 15 is 0 Å². The number of benzene rings is 4. The Kier molecular flexibility index (Phi) is 34.9. The van der Waals surface area contributed by atoms with Crippen LogP contribution in [0.2, 0.25) is 0 Å². The Morgan fingerprint density at radius 2 is 0.904 bits per heavy atom. The van der Waals surface area contributed by atoms with Crippen molar-refractivity contribution in [2.45, 2.75) is 42.9 Å². The van der Waals surface area contributed by atoms with Crippen molar-refractivity contribution < 1.29 is 88.3 Å². The lowest BCUT2D eigenvalue weighted by molar-refractivity contribution is -0.0212. The van der Waals surface area contributed by atoms with Crippen molar-refractivity contribution in [3.05, 3.63) is 84.4 Å². The van der Waals surface area contributed by atoms with E-state index in [1.165, 1.54) is 30.0 Å². The smallest absolute Gasteiger partial charge is 0.394 e. The summed E-state index contributed by atoms with van der Waals surface area (Å²) in [7, 11) is -11.6. The summed E-state index contributed by atoms with van der Waals surface area (Å²) < 4.78 is 132. The minimum Gasteiger partial charge on any atom is -0.399 e. The second kappa shape index (κ2) is 38.3. The van der Waals surface area contributed by atoms with Crippen LogP contribution in [0.25, 0.3) is 10.8 Å². The molecule has 0 amide bonds. The molecule has 0 heterocycles. The third kappa shape index (κ3) is 32.6. The van der Waals surface area contributed by atoms with Gasteiger partial charge in [-0.3, -0.25) is 18.2 Å². The van der Waals surface area contributed by atoms with Crippen LogP contribution in [-0.2, 0) is 63.8 Å². The third-order valence-corrected chi connectivity index (χ3v) is 11.5. The van der Waals surface area contributed by atoms with Gasteiger partial charge in [-0.15, -0.1) is 0 Å². The highest BCUT2D eigenvalue weighted by Crippen LogP contribution is 2.28. The second-order valence-corrected chi connectivity index (χ2v) is 19.2. The van der Waals surface area contributed by atoms with Gasteiger partial charge in [-0.05, 0) is 86.3 Å². The maximum absolute atomic E-state index is 11.2. The number of aryl methyl sites for hydroxylation is 1. The summed E-state index contributed by atoms with van der Waals surface area (Å²) >= 11 is 0. The molecule has 0 saturated carbocycles. The Labute approximate surface area is 431 Å². The number of nitrogens with two attached hydrogens (primary N) is 2. The lowest BCUT2D eigenvalue weighted by Gasteiger charge is -2.25. The maximum Gasteiger partial charge on any atom is 0.394 e. The quantitative estimate of drug-likeness (QED) is 0.0187. The molecular formula is C47H78N4O19S3. The van der Waals surface area contributed by atoms with E-state index in [1.807, 2.05) is 44.3 Å². The van der Waals surface area contributed by atoms with Crippen LogP contribution in [0.3, 0.4) is 0 Å². The zero-order valence-corrected chi connectivity index (χ0v) is 44.3. The van der Waals surface area contributed by atoms with Gasteiger partial charge in [0.2, 0.25) is 0 Å². The highest BCUT2D eigenvalue weighted by Gasteiger charge is 2.19. The zero-order chi connectivity index (χ0) is 54.5. The second-order valence-electron chi connectivity index (χ2n) is 15.5. The maximum atomic E-state index is 11.2. The normalized spacial score (nSPS) is 11.5. The van der Waals surface area contributed by atoms with E-state index in [9.17, 15) is 16.8 Å². The highest BCUT2D eigenvalue weighted by atomic mass is 32.3. The zero-order valence-electron chi connectivity index (χ0n) is 41.8. The van der Waals surface area contributed by atoms with Gasteiger partial charge in [0.05, 0.1) is 99.1 Å². The number of unbranched alkanes of at least 4 members (excludes halogenated alkanes) is 1. The van der Waals surface area contributed by atoms with Gasteiger partial charge in [0.1, 0.15) is 9.79 Å². The molecule has 0 fully saturated rings. The van der Waals surface area contributed by atoms with Crippen molar-refractivity contribution in [1.29, 1.82) is 0 Å². The van der Waals surface area contributed by atoms with Gasteiger partial charge < -0.3 is 64.6 Å². The fourth-order valence-corrected chi connectivity index (χ4v) is 7.57. The Bertz CT molecular complexity index is 2350. The molecule has 10 N–H and O–H groups in total. The number of nitrogens with zero attached hydrogens (tertiary/aromatic N) is 2. The molecule has 0 aliphatic rings. The SMILES string of the molecule is CCCN(CCCCO)c1ccc(N)c(C)c1.CN(CCOCCOCCOCCOCCOCCOCCOCCO)c1ccc(N)cc1.O=S(=O)(O)O.O=S(=O)(O)c1cccc2c(S(=O)(=O)O)cccc12.[HH]. The molecule has 0 aliphatic carbocycles. The fraction of sp³-hybridized carbons (Fsp3) is 0.532. The molecule has 4 aromatic rings. The van der Waals surface area contributed by atoms with Crippen LogP contribution >= 0.6 is 0 Å². The largest absolute Gasteiger partial charge is 0.399 e. The van der Waals surface area contributed by atoms with Gasteiger partial charge in [-0.25, -0.2) is 0 Å². The molecule has 26 heteroatoms. The number of fused-ring (bicyclic) bond motifs is 1. The Morgan fingerprint density at radius 1 is 0.507 bits per heavy atom. The minimum absolute atomic E-state index is 0. The standard InChI is InChI=1S/C23H42N2O8.C14H24N2O.C10H8O6S2.H2O4S.H2/c1-25(23-4-2-22(24)3-5-23)6-8-27-10-12-29-14-16-31-18-20-33-21-19-32-17-15-30-13-11-28-9-7-26;1-3-8-16(9-4-5-10-17)13-6-7-14(15)12(2)11-13;11-17(12,13)9-5-1-3-7-8(9)4-2-6-10(7)18(14,15)16;1-5(2,3)4;/h2-5,26H,6-21,24H2,1H3;6-7,11,17H,3-5,8-10,15H2,1-2H3;1-6H,(H,11,12,13)(H,14,15,16);(H2,1,2,3,4);1H.